The topological polar surface area (TPSA) is 70.1 Å². The Morgan fingerprint density at radius 2 is 1.86 bits per heavy atom. The number of rotatable bonds is 5. The van der Waals surface area contributed by atoms with E-state index in [0.717, 1.165) is 37.0 Å². The van der Waals surface area contributed by atoms with Crippen molar-refractivity contribution in [2.75, 3.05) is 13.1 Å². The van der Waals surface area contributed by atoms with Crippen LogP contribution < -0.4 is 5.73 Å². The summed E-state index contributed by atoms with van der Waals surface area (Å²) in [6.45, 7) is 4.18. The highest BCUT2D eigenvalue weighted by Gasteiger charge is 2.55. The number of amides is 1. The molecule has 4 fully saturated rings. The molecular formula is C17H25N3O. The molecule has 0 saturated heterocycles. The van der Waals surface area contributed by atoms with Crippen molar-refractivity contribution in [3.05, 3.63) is 12.7 Å². The smallest absolute Gasteiger partial charge is 0.241 e. The number of nitrogens with zero attached hydrogens (tertiary/aromatic N) is 2. The molecule has 4 aliphatic rings. The zero-order valence-corrected chi connectivity index (χ0v) is 12.6. The van der Waals surface area contributed by atoms with E-state index >= 15 is 0 Å². The number of hydrogen-bond acceptors (Lipinski definition) is 3. The normalized spacial score (nSPS) is 37.8. The molecule has 4 bridgehead atoms. The lowest BCUT2D eigenvalue weighted by atomic mass is 9.47. The van der Waals surface area contributed by atoms with Crippen molar-refractivity contribution in [2.24, 2.45) is 28.9 Å². The van der Waals surface area contributed by atoms with Crippen molar-refractivity contribution in [2.45, 2.75) is 44.6 Å². The Morgan fingerprint density at radius 1 is 1.33 bits per heavy atom. The summed E-state index contributed by atoms with van der Waals surface area (Å²) in [5, 5.41) is 8.91. The highest BCUT2D eigenvalue weighted by molar-refractivity contribution is 5.83. The third-order valence-electron chi connectivity index (χ3n) is 5.93. The fourth-order valence-corrected chi connectivity index (χ4v) is 5.49. The number of nitrogens with two attached hydrogens (primary N) is 1. The van der Waals surface area contributed by atoms with E-state index < -0.39 is 6.04 Å². The van der Waals surface area contributed by atoms with Crippen molar-refractivity contribution >= 4 is 5.91 Å². The second kappa shape index (κ2) is 5.46. The third-order valence-corrected chi connectivity index (χ3v) is 5.93. The largest absolute Gasteiger partial charge is 0.324 e. The zero-order chi connectivity index (χ0) is 15.0. The van der Waals surface area contributed by atoms with Crippen LogP contribution in [-0.2, 0) is 4.79 Å². The lowest BCUT2D eigenvalue weighted by molar-refractivity contribution is -0.142. The third kappa shape index (κ3) is 2.48. The van der Waals surface area contributed by atoms with Gasteiger partial charge in [-0.3, -0.25) is 4.79 Å². The van der Waals surface area contributed by atoms with Crippen LogP contribution in [0.25, 0.3) is 0 Å². The Hall–Kier alpha value is -1.34. The summed E-state index contributed by atoms with van der Waals surface area (Å²) in [6.07, 6.45) is 9.03. The van der Waals surface area contributed by atoms with E-state index in [1.54, 1.807) is 11.0 Å². The van der Waals surface area contributed by atoms with Gasteiger partial charge in [0, 0.05) is 6.54 Å². The lowest BCUT2D eigenvalue weighted by Gasteiger charge is -2.58. The van der Waals surface area contributed by atoms with Crippen LogP contribution in [0.1, 0.15) is 38.5 Å². The summed E-state index contributed by atoms with van der Waals surface area (Å²) in [5.74, 6) is 2.27. The number of hydrogen-bond donors (Lipinski definition) is 1. The standard InChI is InChI=1S/C17H25N3O/c1-2-4-20(5-3-18)16(21)15(19)17-9-12-6-13(10-17)8-14(7-12)11-17/h2,12-15H,1,4-11,19H2/t12?,13?,14?,15-,17?/m1/s1. The van der Waals surface area contributed by atoms with Crippen LogP contribution in [0.3, 0.4) is 0 Å². The van der Waals surface area contributed by atoms with Crippen molar-refractivity contribution < 1.29 is 4.79 Å². The molecule has 0 spiro atoms. The Labute approximate surface area is 127 Å². The van der Waals surface area contributed by atoms with Gasteiger partial charge in [-0.15, -0.1) is 6.58 Å². The second-order valence-electron chi connectivity index (χ2n) is 7.42. The van der Waals surface area contributed by atoms with Crippen LogP contribution in [-0.4, -0.2) is 29.9 Å². The van der Waals surface area contributed by atoms with Crippen LogP contribution in [0.5, 0.6) is 0 Å². The van der Waals surface area contributed by atoms with E-state index in [1.807, 2.05) is 0 Å². The minimum atomic E-state index is -0.445. The summed E-state index contributed by atoms with van der Waals surface area (Å²) < 4.78 is 0. The minimum absolute atomic E-state index is 0.000703. The molecule has 21 heavy (non-hydrogen) atoms. The second-order valence-corrected chi connectivity index (χ2v) is 7.42. The molecule has 4 heteroatoms. The van der Waals surface area contributed by atoms with Gasteiger partial charge < -0.3 is 10.6 Å². The van der Waals surface area contributed by atoms with Gasteiger partial charge in [0.25, 0.3) is 0 Å². The van der Waals surface area contributed by atoms with Gasteiger partial charge in [0.15, 0.2) is 0 Å². The lowest BCUT2D eigenvalue weighted by Crippen LogP contribution is -2.60. The van der Waals surface area contributed by atoms with Crippen molar-refractivity contribution in [3.8, 4) is 6.07 Å². The number of carbonyl (C=O) groups excluding carboxylic acids is 1. The maximum Gasteiger partial charge on any atom is 0.241 e. The minimum Gasteiger partial charge on any atom is -0.324 e. The van der Waals surface area contributed by atoms with Crippen LogP contribution in [0.2, 0.25) is 0 Å². The molecule has 4 nitrogen and oxygen atoms in total. The highest BCUT2D eigenvalue weighted by atomic mass is 16.2. The molecule has 0 aromatic carbocycles. The molecule has 2 N–H and O–H groups in total. The van der Waals surface area contributed by atoms with E-state index in [4.69, 9.17) is 11.0 Å². The Balaban J connectivity index is 1.77. The van der Waals surface area contributed by atoms with Crippen LogP contribution in [0, 0.1) is 34.5 Å². The molecule has 114 valence electrons. The average Bonchev–Trinajstić information content (AvgIpc) is 2.44. The fraction of sp³-hybridized carbons (Fsp3) is 0.765. The Morgan fingerprint density at radius 3 is 2.29 bits per heavy atom. The zero-order valence-electron chi connectivity index (χ0n) is 12.6. The number of carbonyl (C=O) groups is 1. The molecule has 4 rings (SSSR count). The van der Waals surface area contributed by atoms with Crippen LogP contribution in [0.4, 0.5) is 0 Å². The van der Waals surface area contributed by atoms with Crippen molar-refractivity contribution in [1.82, 2.24) is 4.90 Å². The van der Waals surface area contributed by atoms with Gasteiger partial charge in [0.05, 0.1) is 12.1 Å². The van der Waals surface area contributed by atoms with E-state index in [0.29, 0.717) is 6.54 Å². The van der Waals surface area contributed by atoms with Gasteiger partial charge in [-0.1, -0.05) is 6.08 Å². The fourth-order valence-electron chi connectivity index (χ4n) is 5.49. The Kier molecular flexibility index (Phi) is 3.79. The quantitative estimate of drug-likeness (QED) is 0.621. The summed E-state index contributed by atoms with van der Waals surface area (Å²) in [5.41, 5.74) is 6.44. The molecule has 0 aromatic rings. The van der Waals surface area contributed by atoms with Crippen LogP contribution in [0.15, 0.2) is 12.7 Å². The highest BCUT2D eigenvalue weighted by Crippen LogP contribution is 2.61. The van der Waals surface area contributed by atoms with Gasteiger partial charge in [0.1, 0.15) is 6.54 Å². The molecule has 4 saturated carbocycles. The number of nitriles is 1. The SMILES string of the molecule is C=CCN(CC#N)C(=O)[C@@H](N)C12CC3CC(CC(C3)C1)C2. The first-order valence-electron chi connectivity index (χ1n) is 8.10. The van der Waals surface area contributed by atoms with Crippen molar-refractivity contribution in [1.29, 1.82) is 5.26 Å². The summed E-state index contributed by atoms with van der Waals surface area (Å²) in [4.78, 5) is 14.3. The maximum absolute atomic E-state index is 12.7. The van der Waals surface area contributed by atoms with Gasteiger partial charge in [0.2, 0.25) is 5.91 Å². The van der Waals surface area contributed by atoms with Gasteiger partial charge in [-0.2, -0.15) is 5.26 Å². The molecule has 0 radical (unpaired) electrons. The van der Waals surface area contributed by atoms with E-state index in [1.165, 1.54) is 19.3 Å². The summed E-state index contributed by atoms with van der Waals surface area (Å²) >= 11 is 0. The maximum atomic E-state index is 12.7. The summed E-state index contributed by atoms with van der Waals surface area (Å²) in [6, 6.07) is 1.62. The van der Waals surface area contributed by atoms with Crippen molar-refractivity contribution in [3.63, 3.8) is 0 Å². The predicted molar refractivity (Wildman–Crippen MR) is 81.0 cm³/mol. The first-order chi connectivity index (χ1) is 10.1. The first kappa shape index (κ1) is 14.6. The monoisotopic (exact) mass is 287 g/mol. The molecule has 0 aliphatic heterocycles. The van der Waals surface area contributed by atoms with Gasteiger partial charge in [-0.25, -0.2) is 0 Å². The van der Waals surface area contributed by atoms with E-state index in [-0.39, 0.29) is 17.9 Å². The molecule has 4 aliphatic carbocycles. The first-order valence-corrected chi connectivity index (χ1v) is 8.10. The van der Waals surface area contributed by atoms with Gasteiger partial charge >= 0.3 is 0 Å². The molecular weight excluding hydrogens is 262 g/mol. The Bertz CT molecular complexity index is 444. The molecule has 0 heterocycles. The van der Waals surface area contributed by atoms with Crippen LogP contribution >= 0.6 is 0 Å². The van der Waals surface area contributed by atoms with Gasteiger partial charge in [-0.05, 0) is 61.7 Å². The molecule has 1 atom stereocenters. The summed E-state index contributed by atoms with van der Waals surface area (Å²) in [7, 11) is 0. The molecule has 0 aromatic heterocycles. The predicted octanol–water partition coefficient (Wildman–Crippen LogP) is 2.07. The van der Waals surface area contributed by atoms with E-state index in [2.05, 4.69) is 12.6 Å². The molecule has 0 unspecified atom stereocenters. The average molecular weight is 287 g/mol. The van der Waals surface area contributed by atoms with E-state index in [9.17, 15) is 4.79 Å². The molecule has 1 amide bonds.